The summed E-state index contributed by atoms with van der Waals surface area (Å²) >= 11 is 1.69. The van der Waals surface area contributed by atoms with Crippen molar-refractivity contribution in [3.63, 3.8) is 0 Å². The minimum Gasteiger partial charge on any atom is -0.382 e. The standard InChI is InChI=1S/C16H16N2S/c1-4-12(16-17-7-8-19-16)9-13(5-1)18-15-10-11-3-2-6-14(11)15/h1-2,4-9,11,14-15,18H,3,10H2. The summed E-state index contributed by atoms with van der Waals surface area (Å²) < 4.78 is 0. The molecule has 1 aromatic carbocycles. The summed E-state index contributed by atoms with van der Waals surface area (Å²) in [5.41, 5.74) is 2.43. The van der Waals surface area contributed by atoms with Gasteiger partial charge in [0.15, 0.2) is 0 Å². The van der Waals surface area contributed by atoms with Crippen LogP contribution in [0.3, 0.4) is 0 Å². The molecule has 0 aliphatic heterocycles. The zero-order valence-electron chi connectivity index (χ0n) is 10.6. The van der Waals surface area contributed by atoms with Crippen LogP contribution in [-0.4, -0.2) is 11.0 Å². The van der Waals surface area contributed by atoms with Gasteiger partial charge in [0.2, 0.25) is 0 Å². The Morgan fingerprint density at radius 2 is 2.32 bits per heavy atom. The fraction of sp³-hybridized carbons (Fsp3) is 0.312. The van der Waals surface area contributed by atoms with Crippen molar-refractivity contribution in [3.8, 4) is 10.6 Å². The van der Waals surface area contributed by atoms with E-state index in [0.717, 1.165) is 16.8 Å². The molecule has 2 nitrogen and oxygen atoms in total. The molecule has 2 aliphatic rings. The highest BCUT2D eigenvalue weighted by atomic mass is 32.1. The van der Waals surface area contributed by atoms with Crippen LogP contribution in [0.4, 0.5) is 5.69 Å². The fourth-order valence-corrected chi connectivity index (χ4v) is 3.84. The van der Waals surface area contributed by atoms with Gasteiger partial charge in [-0.1, -0.05) is 24.3 Å². The Kier molecular flexibility index (Phi) is 2.66. The Labute approximate surface area is 117 Å². The quantitative estimate of drug-likeness (QED) is 0.844. The third kappa shape index (κ3) is 1.98. The number of rotatable bonds is 3. The second-order valence-corrected chi connectivity index (χ2v) is 6.30. The first-order valence-corrected chi connectivity index (χ1v) is 7.71. The average molecular weight is 268 g/mol. The Morgan fingerprint density at radius 3 is 3.16 bits per heavy atom. The topological polar surface area (TPSA) is 24.9 Å². The van der Waals surface area contributed by atoms with E-state index < -0.39 is 0 Å². The van der Waals surface area contributed by atoms with E-state index in [-0.39, 0.29) is 0 Å². The zero-order chi connectivity index (χ0) is 12.7. The van der Waals surface area contributed by atoms with Crippen LogP contribution in [0.25, 0.3) is 10.6 Å². The molecule has 4 rings (SSSR count). The molecule has 0 saturated heterocycles. The molecular formula is C16H16N2S. The first-order chi connectivity index (χ1) is 9.40. The summed E-state index contributed by atoms with van der Waals surface area (Å²) in [4.78, 5) is 4.37. The lowest BCUT2D eigenvalue weighted by Gasteiger charge is -2.41. The zero-order valence-corrected chi connectivity index (χ0v) is 11.4. The average Bonchev–Trinajstić information content (AvgIpc) is 3.06. The van der Waals surface area contributed by atoms with Crippen LogP contribution in [-0.2, 0) is 0 Å². The number of anilines is 1. The summed E-state index contributed by atoms with van der Waals surface area (Å²) in [6, 6.07) is 9.23. The predicted octanol–water partition coefficient (Wildman–Crippen LogP) is 4.19. The smallest absolute Gasteiger partial charge is 0.123 e. The van der Waals surface area contributed by atoms with Crippen LogP contribution in [0, 0.1) is 11.8 Å². The SMILES string of the molecule is C1=CC2C(C1)CC2Nc1cccc(-c2nccs2)c1. The molecule has 96 valence electrons. The fourth-order valence-electron chi connectivity index (χ4n) is 3.21. The Morgan fingerprint density at radius 1 is 1.32 bits per heavy atom. The van der Waals surface area contributed by atoms with E-state index in [0.29, 0.717) is 6.04 Å². The summed E-state index contributed by atoms with van der Waals surface area (Å²) in [7, 11) is 0. The third-order valence-electron chi connectivity index (χ3n) is 4.26. The molecule has 3 atom stereocenters. The molecule has 0 radical (unpaired) electrons. The van der Waals surface area contributed by atoms with E-state index in [1.54, 1.807) is 11.3 Å². The highest BCUT2D eigenvalue weighted by Gasteiger charge is 2.40. The Balaban J connectivity index is 1.53. The largest absolute Gasteiger partial charge is 0.382 e. The van der Waals surface area contributed by atoms with Gasteiger partial charge in [-0.25, -0.2) is 4.98 Å². The monoisotopic (exact) mass is 268 g/mol. The van der Waals surface area contributed by atoms with Gasteiger partial charge in [0, 0.05) is 34.8 Å². The van der Waals surface area contributed by atoms with Crippen molar-refractivity contribution in [3.05, 3.63) is 48.0 Å². The molecular weight excluding hydrogens is 252 g/mol. The van der Waals surface area contributed by atoms with E-state index >= 15 is 0 Å². The minimum atomic E-state index is 0.621. The minimum absolute atomic E-state index is 0.621. The maximum atomic E-state index is 4.37. The first-order valence-electron chi connectivity index (χ1n) is 6.83. The second-order valence-electron chi connectivity index (χ2n) is 5.41. The van der Waals surface area contributed by atoms with Gasteiger partial charge < -0.3 is 5.32 Å². The highest BCUT2D eigenvalue weighted by Crippen LogP contribution is 2.44. The van der Waals surface area contributed by atoms with Crippen molar-refractivity contribution in [2.75, 3.05) is 5.32 Å². The number of thiazole rings is 1. The molecule has 1 N–H and O–H groups in total. The van der Waals surface area contributed by atoms with Crippen molar-refractivity contribution in [1.29, 1.82) is 0 Å². The van der Waals surface area contributed by atoms with Gasteiger partial charge >= 0.3 is 0 Å². The highest BCUT2D eigenvalue weighted by molar-refractivity contribution is 7.13. The molecule has 3 unspecified atom stereocenters. The molecule has 0 spiro atoms. The van der Waals surface area contributed by atoms with Gasteiger partial charge in [0.25, 0.3) is 0 Å². The van der Waals surface area contributed by atoms with Gasteiger partial charge in [-0.15, -0.1) is 11.3 Å². The van der Waals surface area contributed by atoms with Crippen molar-refractivity contribution >= 4 is 17.0 Å². The van der Waals surface area contributed by atoms with Crippen molar-refractivity contribution in [2.45, 2.75) is 18.9 Å². The first kappa shape index (κ1) is 11.2. The maximum absolute atomic E-state index is 4.37. The second kappa shape index (κ2) is 4.49. The van der Waals surface area contributed by atoms with E-state index in [4.69, 9.17) is 0 Å². The van der Waals surface area contributed by atoms with Gasteiger partial charge in [-0.2, -0.15) is 0 Å². The van der Waals surface area contributed by atoms with Crippen molar-refractivity contribution < 1.29 is 0 Å². The van der Waals surface area contributed by atoms with Crippen LogP contribution in [0.15, 0.2) is 48.0 Å². The molecule has 1 aromatic heterocycles. The molecule has 0 amide bonds. The lowest BCUT2D eigenvalue weighted by atomic mass is 9.71. The normalized spacial score (nSPS) is 27.9. The van der Waals surface area contributed by atoms with Gasteiger partial charge in [0.1, 0.15) is 5.01 Å². The number of allylic oxidation sites excluding steroid dienone is 1. The summed E-state index contributed by atoms with van der Waals surface area (Å²) in [5, 5.41) is 6.79. The molecule has 3 heteroatoms. The van der Waals surface area contributed by atoms with Crippen LogP contribution in [0.1, 0.15) is 12.8 Å². The van der Waals surface area contributed by atoms with Crippen LogP contribution < -0.4 is 5.32 Å². The van der Waals surface area contributed by atoms with E-state index in [9.17, 15) is 0 Å². The van der Waals surface area contributed by atoms with Crippen molar-refractivity contribution in [1.82, 2.24) is 4.98 Å². The molecule has 1 fully saturated rings. The van der Waals surface area contributed by atoms with Crippen LogP contribution in [0.2, 0.25) is 0 Å². The summed E-state index contributed by atoms with van der Waals surface area (Å²) in [5.74, 6) is 1.66. The molecule has 1 saturated carbocycles. The third-order valence-corrected chi connectivity index (χ3v) is 5.08. The van der Waals surface area contributed by atoms with Crippen molar-refractivity contribution in [2.24, 2.45) is 11.8 Å². The summed E-state index contributed by atoms with van der Waals surface area (Å²) in [6.45, 7) is 0. The van der Waals surface area contributed by atoms with E-state index in [1.165, 1.54) is 24.1 Å². The predicted molar refractivity (Wildman–Crippen MR) is 80.3 cm³/mol. The number of nitrogens with one attached hydrogen (secondary N) is 1. The lowest BCUT2D eigenvalue weighted by molar-refractivity contribution is 0.218. The number of fused-ring (bicyclic) bond motifs is 1. The van der Waals surface area contributed by atoms with Crippen LogP contribution in [0.5, 0.6) is 0 Å². The lowest BCUT2D eigenvalue weighted by Crippen LogP contribution is -2.43. The van der Waals surface area contributed by atoms with E-state index in [2.05, 4.69) is 46.7 Å². The maximum Gasteiger partial charge on any atom is 0.123 e. The van der Waals surface area contributed by atoms with Gasteiger partial charge in [-0.05, 0) is 30.9 Å². The number of aromatic nitrogens is 1. The van der Waals surface area contributed by atoms with Crippen LogP contribution >= 0.6 is 11.3 Å². The van der Waals surface area contributed by atoms with E-state index in [1.807, 2.05) is 11.6 Å². The Bertz CT molecular complexity index is 603. The molecule has 1 heterocycles. The number of nitrogens with zero attached hydrogens (tertiary/aromatic N) is 1. The van der Waals surface area contributed by atoms with Gasteiger partial charge in [-0.3, -0.25) is 0 Å². The molecule has 0 bridgehead atoms. The summed E-state index contributed by atoms with van der Waals surface area (Å²) in [6.07, 6.45) is 9.17. The molecule has 2 aliphatic carbocycles. The number of hydrogen-bond donors (Lipinski definition) is 1. The number of benzene rings is 1. The Hall–Kier alpha value is -1.61. The molecule has 19 heavy (non-hydrogen) atoms. The van der Waals surface area contributed by atoms with Gasteiger partial charge in [0.05, 0.1) is 0 Å². The molecule has 2 aromatic rings. The number of hydrogen-bond acceptors (Lipinski definition) is 3.